The Bertz CT molecular complexity index is 694. The average Bonchev–Trinajstić information content (AvgIpc) is 2.37. The van der Waals surface area contributed by atoms with E-state index in [4.69, 9.17) is 16.3 Å². The molecule has 0 aliphatic carbocycles. The lowest BCUT2D eigenvalue weighted by molar-refractivity contribution is -0.385. The van der Waals surface area contributed by atoms with Crippen LogP contribution in [0.4, 0.5) is 5.69 Å². The zero-order valence-electron chi connectivity index (χ0n) is 11.2. The molecule has 110 valence electrons. The first-order valence-corrected chi connectivity index (χ1v) is 7.20. The summed E-state index contributed by atoms with van der Waals surface area (Å²) in [6.45, 7) is 3.88. The van der Waals surface area contributed by atoms with Crippen LogP contribution in [-0.4, -0.2) is 14.9 Å². The molecule has 0 unspecified atom stereocenters. The van der Waals surface area contributed by atoms with Crippen LogP contribution in [0.15, 0.2) is 28.9 Å². The molecule has 0 bridgehead atoms. The maximum absolute atomic E-state index is 11.0. The van der Waals surface area contributed by atoms with Crippen LogP contribution in [0, 0.1) is 10.1 Å². The van der Waals surface area contributed by atoms with Crippen molar-refractivity contribution in [2.24, 2.45) is 0 Å². The van der Waals surface area contributed by atoms with E-state index < -0.39 is 4.92 Å². The first-order valence-electron chi connectivity index (χ1n) is 6.03. The molecule has 8 heteroatoms. The predicted molar refractivity (Wildman–Crippen MR) is 82.0 cm³/mol. The number of hydrogen-bond acceptors (Lipinski definition) is 5. The smallest absolute Gasteiger partial charge is 0.311 e. The van der Waals surface area contributed by atoms with Crippen molar-refractivity contribution >= 4 is 33.2 Å². The number of halogens is 2. The lowest BCUT2D eigenvalue weighted by atomic mass is 10.2. The second-order valence-electron chi connectivity index (χ2n) is 4.51. The van der Waals surface area contributed by atoms with Gasteiger partial charge in [-0.15, -0.1) is 0 Å². The number of nitro groups is 1. The lowest BCUT2D eigenvalue weighted by Crippen LogP contribution is -2.01. The summed E-state index contributed by atoms with van der Waals surface area (Å²) in [5.74, 6) is 0.919. The highest BCUT2D eigenvalue weighted by atomic mass is 79.9. The minimum Gasteiger partial charge on any atom is -0.432 e. The molecule has 0 saturated carbocycles. The van der Waals surface area contributed by atoms with Crippen LogP contribution in [0.1, 0.15) is 25.6 Å². The molecule has 2 rings (SSSR count). The summed E-state index contributed by atoms with van der Waals surface area (Å²) in [5.41, 5.74) is -0.180. The van der Waals surface area contributed by atoms with E-state index in [2.05, 4.69) is 25.9 Å². The third-order valence-corrected chi connectivity index (χ3v) is 3.18. The molecule has 1 aromatic carbocycles. The van der Waals surface area contributed by atoms with Crippen LogP contribution >= 0.6 is 27.5 Å². The molecule has 0 N–H and O–H groups in total. The summed E-state index contributed by atoms with van der Waals surface area (Å²) >= 11 is 9.12. The van der Waals surface area contributed by atoms with Gasteiger partial charge in [0.15, 0.2) is 0 Å². The van der Waals surface area contributed by atoms with Crippen LogP contribution < -0.4 is 4.74 Å². The topological polar surface area (TPSA) is 78.2 Å². The number of nitrogens with zero attached hydrogens (tertiary/aromatic N) is 3. The highest BCUT2D eigenvalue weighted by molar-refractivity contribution is 9.10. The van der Waals surface area contributed by atoms with Crippen molar-refractivity contribution < 1.29 is 9.66 Å². The molecule has 1 aromatic heterocycles. The Morgan fingerprint density at radius 3 is 2.67 bits per heavy atom. The van der Waals surface area contributed by atoms with Crippen LogP contribution in [0.2, 0.25) is 5.02 Å². The highest BCUT2D eigenvalue weighted by Gasteiger charge is 2.17. The maximum atomic E-state index is 11.0. The molecule has 0 fully saturated rings. The van der Waals surface area contributed by atoms with Gasteiger partial charge in [0.25, 0.3) is 0 Å². The van der Waals surface area contributed by atoms with Gasteiger partial charge >= 0.3 is 5.69 Å². The summed E-state index contributed by atoms with van der Waals surface area (Å²) in [4.78, 5) is 18.9. The number of ether oxygens (including phenoxy) is 1. The van der Waals surface area contributed by atoms with Gasteiger partial charge in [0.05, 0.1) is 4.92 Å². The summed E-state index contributed by atoms with van der Waals surface area (Å²) in [6.07, 6.45) is 0. The predicted octanol–water partition coefficient (Wildman–Crippen LogP) is 4.72. The minimum absolute atomic E-state index is 0.0350. The van der Waals surface area contributed by atoms with Crippen LogP contribution in [0.25, 0.3) is 0 Å². The van der Waals surface area contributed by atoms with Crippen LogP contribution in [-0.2, 0) is 0 Å². The van der Waals surface area contributed by atoms with E-state index in [0.29, 0.717) is 15.5 Å². The van der Waals surface area contributed by atoms with Gasteiger partial charge in [-0.05, 0) is 22.0 Å². The zero-order valence-corrected chi connectivity index (χ0v) is 13.6. The molecule has 6 nitrogen and oxygen atoms in total. The van der Waals surface area contributed by atoms with Crippen LogP contribution in [0.5, 0.6) is 11.6 Å². The van der Waals surface area contributed by atoms with Crippen molar-refractivity contribution in [3.05, 3.63) is 49.8 Å². The van der Waals surface area contributed by atoms with Gasteiger partial charge in [0, 0.05) is 29.1 Å². The highest BCUT2D eigenvalue weighted by Crippen LogP contribution is 2.33. The molecule has 0 aliphatic heterocycles. The lowest BCUT2D eigenvalue weighted by Gasteiger charge is -2.09. The summed E-state index contributed by atoms with van der Waals surface area (Å²) in [5, 5.41) is 11.3. The van der Waals surface area contributed by atoms with E-state index in [1.807, 2.05) is 13.8 Å². The van der Waals surface area contributed by atoms with E-state index in [1.165, 1.54) is 24.3 Å². The van der Waals surface area contributed by atoms with Gasteiger partial charge in [0.2, 0.25) is 11.6 Å². The van der Waals surface area contributed by atoms with E-state index in [0.717, 1.165) is 0 Å². The third kappa shape index (κ3) is 3.89. The van der Waals surface area contributed by atoms with E-state index >= 15 is 0 Å². The average molecular weight is 373 g/mol. The third-order valence-electron chi connectivity index (χ3n) is 2.54. The molecular formula is C13H11BrClN3O3. The number of aromatic nitrogens is 2. The molecule has 0 spiro atoms. The van der Waals surface area contributed by atoms with E-state index in [9.17, 15) is 10.1 Å². The van der Waals surface area contributed by atoms with Crippen molar-refractivity contribution in [2.45, 2.75) is 19.8 Å². The van der Waals surface area contributed by atoms with Crippen molar-refractivity contribution in [2.75, 3.05) is 0 Å². The number of hydrogen-bond donors (Lipinski definition) is 0. The molecule has 1 heterocycles. The van der Waals surface area contributed by atoms with Crippen molar-refractivity contribution in [1.82, 2.24) is 9.97 Å². The Hall–Kier alpha value is -1.73. The second-order valence-corrected chi connectivity index (χ2v) is 5.76. The van der Waals surface area contributed by atoms with Gasteiger partial charge in [-0.25, -0.2) is 4.98 Å². The Balaban J connectivity index is 2.42. The number of rotatable bonds is 4. The van der Waals surface area contributed by atoms with Crippen molar-refractivity contribution in [3.8, 4) is 11.6 Å². The normalized spacial score (nSPS) is 10.7. The fraction of sp³-hybridized carbons (Fsp3) is 0.231. The number of benzene rings is 1. The molecule has 0 radical (unpaired) electrons. The molecule has 0 aliphatic rings. The molecule has 0 saturated heterocycles. The molecule has 21 heavy (non-hydrogen) atoms. The van der Waals surface area contributed by atoms with Gasteiger partial charge in [-0.2, -0.15) is 4.98 Å². The van der Waals surface area contributed by atoms with Gasteiger partial charge in [-0.3, -0.25) is 10.1 Å². The second kappa shape index (κ2) is 6.36. The Morgan fingerprint density at radius 2 is 2.05 bits per heavy atom. The number of nitro benzene ring substituents is 1. The largest absolute Gasteiger partial charge is 0.432 e. The minimum atomic E-state index is -0.536. The first kappa shape index (κ1) is 15.7. The quantitative estimate of drug-likeness (QED) is 0.441. The van der Waals surface area contributed by atoms with E-state index in [1.54, 1.807) is 0 Å². The SMILES string of the molecule is CC(C)c1nc(Br)cc(Oc2cc(Cl)ccc2[N+](=O)[O-])n1. The Kier molecular flexibility index (Phi) is 4.74. The molecule has 0 amide bonds. The summed E-state index contributed by atoms with van der Waals surface area (Å²) in [7, 11) is 0. The standard InChI is InChI=1S/C13H11BrClN3O3/c1-7(2)13-16-11(14)6-12(17-13)21-10-5-8(15)3-4-9(10)18(19)20/h3-7H,1-2H3. The van der Waals surface area contributed by atoms with Gasteiger partial charge in [0.1, 0.15) is 10.4 Å². The summed E-state index contributed by atoms with van der Waals surface area (Å²) in [6, 6.07) is 5.64. The Labute approximate surface area is 134 Å². The maximum Gasteiger partial charge on any atom is 0.311 e. The Morgan fingerprint density at radius 1 is 1.33 bits per heavy atom. The van der Waals surface area contributed by atoms with Crippen LogP contribution in [0.3, 0.4) is 0 Å². The zero-order chi connectivity index (χ0) is 15.6. The molecular weight excluding hydrogens is 362 g/mol. The molecule has 0 atom stereocenters. The van der Waals surface area contributed by atoms with E-state index in [-0.39, 0.29) is 23.2 Å². The van der Waals surface area contributed by atoms with Crippen molar-refractivity contribution in [1.29, 1.82) is 0 Å². The summed E-state index contributed by atoms with van der Waals surface area (Å²) < 4.78 is 6.06. The van der Waals surface area contributed by atoms with Gasteiger partial charge < -0.3 is 4.74 Å². The van der Waals surface area contributed by atoms with Crippen molar-refractivity contribution in [3.63, 3.8) is 0 Å². The fourth-order valence-electron chi connectivity index (χ4n) is 1.56. The first-order chi connectivity index (χ1) is 9.86. The molecule has 2 aromatic rings. The fourth-order valence-corrected chi connectivity index (χ4v) is 2.10. The monoisotopic (exact) mass is 371 g/mol. The van der Waals surface area contributed by atoms with Gasteiger partial charge in [-0.1, -0.05) is 25.4 Å².